The number of phenolic OH excluding ortho intramolecular Hbond substituents is 1. The number of aliphatic hydroxyl groups is 3. The summed E-state index contributed by atoms with van der Waals surface area (Å²) in [6, 6.07) is 3.19. The Labute approximate surface area is 216 Å². The number of aliphatic imine (C=N–C) groups is 1. The summed E-state index contributed by atoms with van der Waals surface area (Å²) in [6.07, 6.45) is -1.47. The number of hydrogen-bond acceptors (Lipinski definition) is 12. The highest BCUT2D eigenvalue weighted by Crippen LogP contribution is 2.57. The largest absolute Gasteiger partial charge is 0.508 e. The summed E-state index contributed by atoms with van der Waals surface area (Å²) in [5.74, 6) is -10.6. The molecule has 38 heavy (non-hydrogen) atoms. The van der Waals surface area contributed by atoms with Crippen LogP contribution in [0.3, 0.4) is 0 Å². The zero-order chi connectivity index (χ0) is 28.4. The number of benzene rings is 1. The number of fused-ring (bicyclic) bond motifs is 3. The maximum atomic E-state index is 14.1. The normalized spacial score (nSPS) is 30.3. The number of likely N-dealkylation sites (N-methyl/N-ethyl adjacent to an activating group) is 1. The average Bonchev–Trinajstić information content (AvgIpc) is 2.81. The number of nitrogens with zero attached hydrogens (tertiary/aromatic N) is 2. The van der Waals surface area contributed by atoms with Crippen molar-refractivity contribution in [3.63, 3.8) is 0 Å². The van der Waals surface area contributed by atoms with Crippen LogP contribution in [-0.4, -0.2) is 86.6 Å². The molecule has 13 nitrogen and oxygen atoms in total. The molecular weight excluding hydrogens is 500 g/mol. The number of amides is 1. The van der Waals surface area contributed by atoms with Gasteiger partial charge in [-0.1, -0.05) is 13.0 Å². The molecule has 3 aliphatic rings. The van der Waals surface area contributed by atoms with Crippen molar-refractivity contribution in [3.05, 3.63) is 40.2 Å². The lowest BCUT2D eigenvalue weighted by molar-refractivity contribution is -0.184. The van der Waals surface area contributed by atoms with E-state index in [1.165, 1.54) is 31.1 Å². The van der Waals surface area contributed by atoms with Gasteiger partial charge < -0.3 is 30.9 Å². The second-order valence-electron chi connectivity index (χ2n) is 9.75. The minimum Gasteiger partial charge on any atom is -0.508 e. The summed E-state index contributed by atoms with van der Waals surface area (Å²) in [4.78, 5) is 56.7. The van der Waals surface area contributed by atoms with Crippen LogP contribution in [0.15, 0.2) is 34.0 Å². The van der Waals surface area contributed by atoms with Crippen LogP contribution in [0.25, 0.3) is 5.76 Å². The third-order valence-corrected chi connectivity index (χ3v) is 7.56. The molecule has 1 aromatic carbocycles. The first-order valence-corrected chi connectivity index (χ1v) is 11.5. The summed E-state index contributed by atoms with van der Waals surface area (Å²) < 4.78 is 5.60. The van der Waals surface area contributed by atoms with E-state index in [-0.39, 0.29) is 11.3 Å². The van der Waals surface area contributed by atoms with E-state index in [1.54, 1.807) is 12.9 Å². The SMILES string of the molecule is CC(=O)O[C@H]1[C@H]2C(=C(O)c3c(ccc(N=C=N)c3O)[C@@H]2C)C(=O)[C@]2(O)C(O)=C(C(N)=O)C(=O)[C@@H](N(C)C)[C@H]12. The van der Waals surface area contributed by atoms with Gasteiger partial charge in [-0.15, -0.1) is 0 Å². The molecule has 1 fully saturated rings. The number of hydrogen-bond donors (Lipinski definition) is 6. The number of primary amides is 1. The van der Waals surface area contributed by atoms with Crippen molar-refractivity contribution < 1.29 is 44.3 Å². The van der Waals surface area contributed by atoms with E-state index in [4.69, 9.17) is 15.9 Å². The number of nitrogens with two attached hydrogens (primary N) is 1. The number of carbonyl (C=O) groups is 4. The van der Waals surface area contributed by atoms with Crippen molar-refractivity contribution >= 4 is 40.9 Å². The van der Waals surface area contributed by atoms with E-state index in [2.05, 4.69) is 4.99 Å². The van der Waals surface area contributed by atoms with Crippen molar-refractivity contribution in [2.75, 3.05) is 14.1 Å². The molecule has 0 unspecified atom stereocenters. The van der Waals surface area contributed by atoms with Gasteiger partial charge >= 0.3 is 5.97 Å². The van der Waals surface area contributed by atoms with Gasteiger partial charge in [0.2, 0.25) is 5.78 Å². The zero-order valence-corrected chi connectivity index (χ0v) is 20.8. The number of nitrogens with one attached hydrogen (secondary N) is 1. The standard InChI is InChI=1S/C25H26N4O9/c1-8-10-5-6-11(28-7-26)18(31)13(10)19(32)14-12(8)21(38-9(2)30)16-17(29(3)4)20(33)15(24(27)36)23(35)25(16,37)22(14)34/h5-6,8,12,16-17,21,26,31-32,35,37H,1-4H3,(H2,27,36)/t8-,12+,16+,17-,21-,25-/m0/s1. The maximum absolute atomic E-state index is 14.1. The number of ether oxygens (including phenoxy) is 1. The summed E-state index contributed by atoms with van der Waals surface area (Å²) in [5, 5.41) is 52.1. The highest BCUT2D eigenvalue weighted by Gasteiger charge is 2.69. The molecule has 0 radical (unpaired) electrons. The van der Waals surface area contributed by atoms with Crippen molar-refractivity contribution in [3.8, 4) is 5.75 Å². The van der Waals surface area contributed by atoms with E-state index in [1.807, 2.05) is 0 Å². The van der Waals surface area contributed by atoms with Crippen molar-refractivity contribution in [2.24, 2.45) is 22.6 Å². The Kier molecular flexibility index (Phi) is 6.27. The van der Waals surface area contributed by atoms with E-state index in [0.717, 1.165) is 6.92 Å². The van der Waals surface area contributed by atoms with Crippen LogP contribution in [0.2, 0.25) is 0 Å². The fraction of sp³-hybridized carbons (Fsp3) is 0.400. The van der Waals surface area contributed by atoms with Gasteiger partial charge in [0, 0.05) is 18.4 Å². The molecule has 7 N–H and O–H groups in total. The van der Waals surface area contributed by atoms with Crippen LogP contribution in [0.5, 0.6) is 5.75 Å². The number of carbonyl (C=O) groups excluding carboxylic acids is 4. The molecule has 0 saturated heterocycles. The van der Waals surface area contributed by atoms with Crippen LogP contribution < -0.4 is 5.73 Å². The number of Topliss-reactive ketones (excluding diaryl/α,β-unsaturated/α-hetero) is 2. The van der Waals surface area contributed by atoms with Gasteiger partial charge in [-0.05, 0) is 31.6 Å². The van der Waals surface area contributed by atoms with Gasteiger partial charge in [0.15, 0.2) is 17.1 Å². The third-order valence-electron chi connectivity index (χ3n) is 7.56. The third kappa shape index (κ3) is 3.40. The molecule has 3 aliphatic carbocycles. The lowest BCUT2D eigenvalue weighted by atomic mass is 9.54. The molecule has 0 heterocycles. The highest BCUT2D eigenvalue weighted by atomic mass is 16.5. The second-order valence-corrected chi connectivity index (χ2v) is 9.75. The maximum Gasteiger partial charge on any atom is 0.302 e. The Morgan fingerprint density at radius 1 is 1.21 bits per heavy atom. The molecule has 1 aromatic rings. The van der Waals surface area contributed by atoms with Gasteiger partial charge in [-0.2, -0.15) is 4.99 Å². The molecule has 13 heteroatoms. The summed E-state index contributed by atoms with van der Waals surface area (Å²) in [5.41, 5.74) is 0.806. The quantitative estimate of drug-likeness (QED) is 0.180. The van der Waals surface area contributed by atoms with Crippen LogP contribution in [0.1, 0.15) is 30.9 Å². The molecular formula is C25H26N4O9. The summed E-state index contributed by atoms with van der Waals surface area (Å²) in [7, 11) is 2.87. The molecule has 1 amide bonds. The van der Waals surface area contributed by atoms with Crippen LogP contribution >= 0.6 is 0 Å². The van der Waals surface area contributed by atoms with E-state index in [0.29, 0.717) is 5.56 Å². The molecule has 0 bridgehead atoms. The average molecular weight is 527 g/mol. The van der Waals surface area contributed by atoms with Crippen molar-refractivity contribution in [1.29, 1.82) is 5.41 Å². The Bertz CT molecular complexity index is 1420. The molecule has 200 valence electrons. The van der Waals surface area contributed by atoms with Gasteiger partial charge in [0.1, 0.15) is 28.9 Å². The first kappa shape index (κ1) is 26.7. The topological polar surface area (TPSA) is 224 Å². The molecule has 0 aromatic heterocycles. The van der Waals surface area contributed by atoms with Gasteiger partial charge in [0.05, 0.1) is 23.5 Å². The number of aliphatic hydroxyl groups excluding tert-OH is 2. The number of rotatable bonds is 4. The first-order valence-electron chi connectivity index (χ1n) is 11.5. The van der Waals surface area contributed by atoms with Crippen molar-refractivity contribution in [1.82, 2.24) is 4.90 Å². The Balaban J connectivity index is 2.13. The van der Waals surface area contributed by atoms with E-state index < -0.39 is 87.4 Å². The van der Waals surface area contributed by atoms with Crippen LogP contribution in [0, 0.1) is 17.2 Å². The molecule has 0 aliphatic heterocycles. The smallest absolute Gasteiger partial charge is 0.302 e. The van der Waals surface area contributed by atoms with Gasteiger partial charge in [0.25, 0.3) is 5.91 Å². The lowest BCUT2D eigenvalue weighted by Crippen LogP contribution is -2.71. The fourth-order valence-electron chi connectivity index (χ4n) is 6.06. The molecule has 4 rings (SSSR count). The zero-order valence-electron chi connectivity index (χ0n) is 20.8. The Hall–Kier alpha value is -4.32. The number of ketones is 2. The highest BCUT2D eigenvalue weighted by molar-refractivity contribution is 6.24. The fourth-order valence-corrected chi connectivity index (χ4v) is 6.06. The molecule has 0 spiro atoms. The number of aromatic hydroxyl groups is 1. The first-order chi connectivity index (χ1) is 17.7. The lowest BCUT2D eigenvalue weighted by Gasteiger charge is -2.54. The Morgan fingerprint density at radius 2 is 1.84 bits per heavy atom. The second kappa shape index (κ2) is 8.91. The monoisotopic (exact) mass is 526 g/mol. The summed E-state index contributed by atoms with van der Waals surface area (Å²) >= 11 is 0. The Morgan fingerprint density at radius 3 is 2.37 bits per heavy atom. The number of esters is 1. The molecule has 6 atom stereocenters. The predicted molar refractivity (Wildman–Crippen MR) is 130 cm³/mol. The predicted octanol–water partition coefficient (Wildman–Crippen LogP) is 0.451. The number of phenols is 1. The van der Waals surface area contributed by atoms with Crippen molar-refractivity contribution in [2.45, 2.75) is 37.5 Å². The van der Waals surface area contributed by atoms with E-state index >= 15 is 0 Å². The van der Waals surface area contributed by atoms with Gasteiger partial charge in [-0.25, -0.2) is 5.41 Å². The van der Waals surface area contributed by atoms with Crippen LogP contribution in [0.4, 0.5) is 5.69 Å². The molecule has 1 saturated carbocycles. The van der Waals surface area contributed by atoms with Crippen LogP contribution in [-0.2, 0) is 23.9 Å². The minimum atomic E-state index is -3.01. The minimum absolute atomic E-state index is 0.136. The van der Waals surface area contributed by atoms with Gasteiger partial charge in [-0.3, -0.25) is 24.1 Å². The van der Waals surface area contributed by atoms with E-state index in [9.17, 15) is 39.6 Å². The summed E-state index contributed by atoms with van der Waals surface area (Å²) in [6.45, 7) is 2.70.